The van der Waals surface area contributed by atoms with E-state index in [1.54, 1.807) is 0 Å². The Morgan fingerprint density at radius 3 is 2.72 bits per heavy atom. The van der Waals surface area contributed by atoms with Crippen LogP contribution in [-0.2, 0) is 9.53 Å². The standard InChI is InChI=1S/C11H10ClF2NO3/c1-18-11(17)7(12)5-15-10(16)6-3-2-4-8(13)9(6)14/h2-4,7H,5H2,1H3,(H,15,16). The van der Waals surface area contributed by atoms with Crippen LogP contribution in [0.3, 0.4) is 0 Å². The van der Waals surface area contributed by atoms with E-state index in [9.17, 15) is 18.4 Å². The summed E-state index contributed by atoms with van der Waals surface area (Å²) in [5, 5.41) is 1.12. The van der Waals surface area contributed by atoms with Gasteiger partial charge in [-0.15, -0.1) is 11.6 Å². The molecule has 1 aromatic rings. The van der Waals surface area contributed by atoms with Crippen molar-refractivity contribution in [2.24, 2.45) is 0 Å². The van der Waals surface area contributed by atoms with E-state index in [-0.39, 0.29) is 6.54 Å². The first-order valence-electron chi connectivity index (χ1n) is 4.91. The highest BCUT2D eigenvalue weighted by Gasteiger charge is 2.19. The number of amides is 1. The normalized spacial score (nSPS) is 11.8. The molecular formula is C11H10ClF2NO3. The molecule has 1 N–H and O–H groups in total. The van der Waals surface area contributed by atoms with Crippen LogP contribution in [0.15, 0.2) is 18.2 Å². The van der Waals surface area contributed by atoms with Gasteiger partial charge in [0.05, 0.1) is 12.7 Å². The van der Waals surface area contributed by atoms with Crippen molar-refractivity contribution < 1.29 is 23.1 Å². The van der Waals surface area contributed by atoms with E-state index < -0.39 is 34.5 Å². The van der Waals surface area contributed by atoms with Gasteiger partial charge in [-0.25, -0.2) is 8.78 Å². The van der Waals surface area contributed by atoms with E-state index in [0.29, 0.717) is 0 Å². The minimum Gasteiger partial charge on any atom is -0.468 e. The Balaban J connectivity index is 2.66. The molecule has 0 aromatic heterocycles. The molecule has 0 aliphatic heterocycles. The number of ether oxygens (including phenoxy) is 1. The lowest BCUT2D eigenvalue weighted by Gasteiger charge is -2.09. The Labute approximate surface area is 107 Å². The lowest BCUT2D eigenvalue weighted by Crippen LogP contribution is -2.34. The Morgan fingerprint density at radius 1 is 1.44 bits per heavy atom. The van der Waals surface area contributed by atoms with Gasteiger partial charge in [-0.2, -0.15) is 0 Å². The molecule has 7 heteroatoms. The zero-order valence-corrected chi connectivity index (χ0v) is 10.1. The molecule has 1 amide bonds. The Morgan fingerprint density at radius 2 is 2.11 bits per heavy atom. The first-order chi connectivity index (χ1) is 8.47. The minimum absolute atomic E-state index is 0.247. The Kier molecular flexibility index (Phi) is 5.03. The average Bonchev–Trinajstić information content (AvgIpc) is 2.37. The average molecular weight is 278 g/mol. The van der Waals surface area contributed by atoms with Crippen LogP contribution in [0, 0.1) is 11.6 Å². The number of rotatable bonds is 4. The number of hydrogen-bond acceptors (Lipinski definition) is 3. The number of hydrogen-bond donors (Lipinski definition) is 1. The summed E-state index contributed by atoms with van der Waals surface area (Å²) in [6, 6.07) is 3.21. The molecule has 0 saturated carbocycles. The minimum atomic E-state index is -1.25. The third-order valence-corrected chi connectivity index (χ3v) is 2.43. The topological polar surface area (TPSA) is 55.4 Å². The summed E-state index contributed by atoms with van der Waals surface area (Å²) in [6.07, 6.45) is 0. The molecule has 0 radical (unpaired) electrons. The summed E-state index contributed by atoms with van der Waals surface area (Å²) in [5.41, 5.74) is -0.455. The number of carbonyl (C=O) groups is 2. The maximum Gasteiger partial charge on any atom is 0.325 e. The number of nitrogens with one attached hydrogen (secondary N) is 1. The van der Waals surface area contributed by atoms with Gasteiger partial charge in [0, 0.05) is 6.54 Å². The van der Waals surface area contributed by atoms with Crippen molar-refractivity contribution in [2.75, 3.05) is 13.7 Å². The third-order valence-electron chi connectivity index (χ3n) is 2.09. The molecule has 0 saturated heterocycles. The van der Waals surface area contributed by atoms with E-state index in [2.05, 4.69) is 10.1 Å². The number of halogens is 3. The van der Waals surface area contributed by atoms with Crippen LogP contribution in [-0.4, -0.2) is 30.9 Å². The highest BCUT2D eigenvalue weighted by Crippen LogP contribution is 2.11. The number of esters is 1. The molecule has 1 aromatic carbocycles. The van der Waals surface area contributed by atoms with Gasteiger partial charge in [0.2, 0.25) is 0 Å². The maximum absolute atomic E-state index is 13.2. The van der Waals surface area contributed by atoms with Crippen LogP contribution >= 0.6 is 11.6 Å². The van der Waals surface area contributed by atoms with Gasteiger partial charge >= 0.3 is 5.97 Å². The molecule has 1 atom stereocenters. The number of carbonyl (C=O) groups excluding carboxylic acids is 2. The summed E-state index contributed by atoms with van der Waals surface area (Å²) in [5.74, 6) is -3.96. The monoisotopic (exact) mass is 277 g/mol. The van der Waals surface area contributed by atoms with Gasteiger partial charge < -0.3 is 10.1 Å². The van der Waals surface area contributed by atoms with Crippen LogP contribution in [0.5, 0.6) is 0 Å². The molecule has 1 rings (SSSR count). The Bertz CT molecular complexity index is 468. The summed E-state index contributed by atoms with van der Waals surface area (Å²) in [4.78, 5) is 22.4. The van der Waals surface area contributed by atoms with Crippen molar-refractivity contribution in [3.8, 4) is 0 Å². The lowest BCUT2D eigenvalue weighted by atomic mass is 10.2. The number of alkyl halides is 1. The molecular weight excluding hydrogens is 268 g/mol. The Hall–Kier alpha value is -1.69. The van der Waals surface area contributed by atoms with Crippen molar-refractivity contribution in [1.29, 1.82) is 0 Å². The van der Waals surface area contributed by atoms with Crippen LogP contribution < -0.4 is 5.32 Å². The van der Waals surface area contributed by atoms with Gasteiger partial charge in [-0.3, -0.25) is 9.59 Å². The van der Waals surface area contributed by atoms with E-state index >= 15 is 0 Å². The predicted octanol–water partition coefficient (Wildman–Crippen LogP) is 1.47. The van der Waals surface area contributed by atoms with E-state index in [4.69, 9.17) is 11.6 Å². The largest absolute Gasteiger partial charge is 0.468 e. The van der Waals surface area contributed by atoms with E-state index in [0.717, 1.165) is 19.2 Å². The molecule has 98 valence electrons. The zero-order valence-electron chi connectivity index (χ0n) is 9.38. The summed E-state index contributed by atoms with van der Waals surface area (Å²) in [6.45, 7) is -0.247. The molecule has 0 spiro atoms. The van der Waals surface area contributed by atoms with Crippen molar-refractivity contribution in [3.05, 3.63) is 35.4 Å². The SMILES string of the molecule is COC(=O)C(Cl)CNC(=O)c1cccc(F)c1F. The molecule has 0 bridgehead atoms. The van der Waals surface area contributed by atoms with Gasteiger partial charge in [0.1, 0.15) is 5.38 Å². The zero-order chi connectivity index (χ0) is 13.7. The fraction of sp³-hybridized carbons (Fsp3) is 0.273. The van der Waals surface area contributed by atoms with E-state index in [1.165, 1.54) is 6.07 Å². The molecule has 4 nitrogen and oxygen atoms in total. The van der Waals surface area contributed by atoms with Gasteiger partial charge in [0.15, 0.2) is 11.6 Å². The van der Waals surface area contributed by atoms with Crippen molar-refractivity contribution >= 4 is 23.5 Å². The van der Waals surface area contributed by atoms with Crippen molar-refractivity contribution in [2.45, 2.75) is 5.38 Å². The smallest absolute Gasteiger partial charge is 0.325 e. The number of methoxy groups -OCH3 is 1. The highest BCUT2D eigenvalue weighted by molar-refractivity contribution is 6.30. The quantitative estimate of drug-likeness (QED) is 0.670. The molecule has 1 unspecified atom stereocenters. The van der Waals surface area contributed by atoms with Crippen LogP contribution in [0.2, 0.25) is 0 Å². The molecule has 0 fully saturated rings. The van der Waals surface area contributed by atoms with Crippen molar-refractivity contribution in [1.82, 2.24) is 5.32 Å². The highest BCUT2D eigenvalue weighted by atomic mass is 35.5. The summed E-state index contributed by atoms with van der Waals surface area (Å²) >= 11 is 5.58. The third kappa shape index (κ3) is 3.40. The van der Waals surface area contributed by atoms with Gasteiger partial charge in [0.25, 0.3) is 5.91 Å². The summed E-state index contributed by atoms with van der Waals surface area (Å²) in [7, 11) is 1.14. The second-order valence-corrected chi connectivity index (χ2v) is 3.83. The fourth-order valence-corrected chi connectivity index (χ4v) is 1.33. The molecule has 0 aliphatic rings. The summed E-state index contributed by atoms with van der Waals surface area (Å²) < 4.78 is 30.4. The first-order valence-corrected chi connectivity index (χ1v) is 5.35. The van der Waals surface area contributed by atoms with Gasteiger partial charge in [-0.05, 0) is 12.1 Å². The van der Waals surface area contributed by atoms with E-state index in [1.807, 2.05) is 0 Å². The van der Waals surface area contributed by atoms with Gasteiger partial charge in [-0.1, -0.05) is 6.07 Å². The van der Waals surface area contributed by atoms with Crippen LogP contribution in [0.25, 0.3) is 0 Å². The molecule has 0 aliphatic carbocycles. The van der Waals surface area contributed by atoms with Crippen LogP contribution in [0.4, 0.5) is 8.78 Å². The number of benzene rings is 1. The van der Waals surface area contributed by atoms with Crippen LogP contribution in [0.1, 0.15) is 10.4 Å². The fourth-order valence-electron chi connectivity index (χ4n) is 1.17. The molecule has 18 heavy (non-hydrogen) atoms. The second-order valence-electron chi connectivity index (χ2n) is 3.30. The van der Waals surface area contributed by atoms with Crippen molar-refractivity contribution in [3.63, 3.8) is 0 Å². The second kappa shape index (κ2) is 6.30. The lowest BCUT2D eigenvalue weighted by molar-refractivity contribution is -0.140. The maximum atomic E-state index is 13.2. The predicted molar refractivity (Wildman–Crippen MR) is 60.3 cm³/mol. The molecule has 0 heterocycles. The first kappa shape index (κ1) is 14.4.